The second-order valence-corrected chi connectivity index (χ2v) is 12.5. The molecular formula is C31H38ClN3O4S. The van der Waals surface area contributed by atoms with Gasteiger partial charge in [0.1, 0.15) is 12.6 Å². The smallest absolute Gasteiger partial charge is 0.244 e. The maximum Gasteiger partial charge on any atom is 0.244 e. The number of anilines is 1. The number of nitrogens with one attached hydrogen (secondary N) is 1. The van der Waals surface area contributed by atoms with Crippen LogP contribution in [0.4, 0.5) is 5.69 Å². The van der Waals surface area contributed by atoms with Crippen LogP contribution in [0.5, 0.6) is 0 Å². The van der Waals surface area contributed by atoms with Crippen molar-refractivity contribution in [2.75, 3.05) is 17.1 Å². The molecule has 0 radical (unpaired) electrons. The summed E-state index contributed by atoms with van der Waals surface area (Å²) < 4.78 is 27.1. The Hall–Kier alpha value is -3.36. The molecule has 2 amide bonds. The van der Waals surface area contributed by atoms with Crippen LogP contribution in [0.15, 0.2) is 72.8 Å². The van der Waals surface area contributed by atoms with Gasteiger partial charge in [-0.05, 0) is 61.6 Å². The second-order valence-electron chi connectivity index (χ2n) is 10.2. The van der Waals surface area contributed by atoms with E-state index in [2.05, 4.69) is 5.32 Å². The van der Waals surface area contributed by atoms with Crippen molar-refractivity contribution in [2.24, 2.45) is 0 Å². The number of rotatable bonds is 12. The van der Waals surface area contributed by atoms with Crippen molar-refractivity contribution < 1.29 is 18.0 Å². The van der Waals surface area contributed by atoms with Crippen molar-refractivity contribution >= 4 is 39.1 Å². The predicted molar refractivity (Wildman–Crippen MR) is 162 cm³/mol. The summed E-state index contributed by atoms with van der Waals surface area (Å²) in [5, 5.41) is 3.47. The number of carbonyl (C=O) groups is 2. The Balaban J connectivity index is 2.10. The summed E-state index contributed by atoms with van der Waals surface area (Å²) in [6, 6.07) is 21.0. The van der Waals surface area contributed by atoms with Crippen molar-refractivity contribution in [2.45, 2.75) is 59.2 Å². The van der Waals surface area contributed by atoms with Crippen molar-refractivity contribution in [1.82, 2.24) is 10.2 Å². The van der Waals surface area contributed by atoms with Gasteiger partial charge in [0.05, 0.1) is 11.9 Å². The van der Waals surface area contributed by atoms with Crippen LogP contribution >= 0.6 is 11.6 Å². The Labute approximate surface area is 243 Å². The summed E-state index contributed by atoms with van der Waals surface area (Å²) in [5.74, 6) is -0.817. The molecule has 7 nitrogen and oxygen atoms in total. The summed E-state index contributed by atoms with van der Waals surface area (Å²) in [4.78, 5) is 29.3. The number of aryl methyl sites for hydroxylation is 2. The van der Waals surface area contributed by atoms with Gasteiger partial charge in [0.2, 0.25) is 21.8 Å². The maximum atomic E-state index is 14.2. The standard InChI is InChI=1S/C31H38ClN3O4S/c1-6-24(4)33-31(37)29(19-25-12-8-7-9-13-25)34(20-26-14-10-11-15-27(26)32)30(36)21-35(40(5,38)39)28-18-22(2)16-17-23(28)3/h7-18,24,29H,6,19-21H2,1-5H3,(H,33,37)/t24-,29-/m0/s1. The number of carbonyl (C=O) groups excluding carboxylic acids is 2. The highest BCUT2D eigenvalue weighted by Gasteiger charge is 2.34. The van der Waals surface area contributed by atoms with Crippen molar-refractivity contribution in [1.29, 1.82) is 0 Å². The van der Waals surface area contributed by atoms with Crippen LogP contribution in [0, 0.1) is 13.8 Å². The van der Waals surface area contributed by atoms with Gasteiger partial charge in [-0.25, -0.2) is 8.42 Å². The fourth-order valence-electron chi connectivity index (χ4n) is 4.39. The molecule has 0 saturated heterocycles. The van der Waals surface area contributed by atoms with E-state index in [9.17, 15) is 18.0 Å². The molecule has 2 atom stereocenters. The average Bonchev–Trinajstić information content (AvgIpc) is 2.91. The van der Waals surface area contributed by atoms with E-state index in [1.165, 1.54) is 4.90 Å². The third-order valence-electron chi connectivity index (χ3n) is 6.88. The van der Waals surface area contributed by atoms with Gasteiger partial charge in [-0.1, -0.05) is 79.2 Å². The first-order valence-corrected chi connectivity index (χ1v) is 15.6. The molecule has 3 aromatic rings. The molecule has 0 aliphatic carbocycles. The zero-order valence-corrected chi connectivity index (χ0v) is 25.3. The molecule has 40 heavy (non-hydrogen) atoms. The Kier molecular flexibility index (Phi) is 10.8. The molecule has 0 aliphatic heterocycles. The lowest BCUT2D eigenvalue weighted by Gasteiger charge is -2.34. The number of amides is 2. The molecule has 0 spiro atoms. The first-order chi connectivity index (χ1) is 18.9. The van der Waals surface area contributed by atoms with E-state index in [4.69, 9.17) is 11.6 Å². The van der Waals surface area contributed by atoms with Gasteiger partial charge in [0.25, 0.3) is 0 Å². The van der Waals surface area contributed by atoms with Crippen LogP contribution < -0.4 is 9.62 Å². The predicted octanol–water partition coefficient (Wildman–Crippen LogP) is 5.28. The topological polar surface area (TPSA) is 86.8 Å². The Morgan fingerprint density at radius 1 is 0.975 bits per heavy atom. The molecule has 0 fully saturated rings. The lowest BCUT2D eigenvalue weighted by atomic mass is 10.0. The number of halogens is 1. The van der Waals surface area contributed by atoms with Gasteiger partial charge in [0.15, 0.2) is 0 Å². The van der Waals surface area contributed by atoms with Crippen LogP contribution in [-0.2, 0) is 32.6 Å². The molecule has 0 unspecified atom stereocenters. The highest BCUT2D eigenvalue weighted by atomic mass is 35.5. The lowest BCUT2D eigenvalue weighted by Crippen LogP contribution is -2.54. The molecule has 0 aromatic heterocycles. The first kappa shape index (κ1) is 31.2. The average molecular weight is 584 g/mol. The van der Waals surface area contributed by atoms with E-state index in [1.807, 2.05) is 69.3 Å². The molecule has 3 aromatic carbocycles. The minimum atomic E-state index is -3.84. The fourth-order valence-corrected chi connectivity index (χ4v) is 5.48. The summed E-state index contributed by atoms with van der Waals surface area (Å²) in [5.41, 5.74) is 3.54. The minimum absolute atomic E-state index is 0.0360. The largest absolute Gasteiger partial charge is 0.352 e. The normalized spacial score (nSPS) is 12.8. The second kappa shape index (κ2) is 13.8. The summed E-state index contributed by atoms with van der Waals surface area (Å²) in [6.45, 7) is 7.12. The zero-order chi connectivity index (χ0) is 29.4. The van der Waals surface area contributed by atoms with E-state index in [0.29, 0.717) is 16.3 Å². The molecule has 0 saturated carbocycles. The quantitative estimate of drug-likeness (QED) is 0.314. The minimum Gasteiger partial charge on any atom is -0.352 e. The lowest BCUT2D eigenvalue weighted by molar-refractivity contribution is -0.140. The first-order valence-electron chi connectivity index (χ1n) is 13.3. The SMILES string of the molecule is CC[C@H](C)NC(=O)[C@H](Cc1ccccc1)N(Cc1ccccc1Cl)C(=O)CN(c1cc(C)ccc1C)S(C)(=O)=O. The van der Waals surface area contributed by atoms with Crippen LogP contribution in [0.2, 0.25) is 5.02 Å². The number of nitrogens with zero attached hydrogens (tertiary/aromatic N) is 2. The summed E-state index contributed by atoms with van der Waals surface area (Å²) in [6.07, 6.45) is 2.05. The van der Waals surface area contributed by atoms with Gasteiger partial charge in [-0.2, -0.15) is 0 Å². The highest BCUT2D eigenvalue weighted by molar-refractivity contribution is 7.92. The van der Waals surface area contributed by atoms with Gasteiger partial charge in [-0.3, -0.25) is 13.9 Å². The monoisotopic (exact) mass is 583 g/mol. The highest BCUT2D eigenvalue weighted by Crippen LogP contribution is 2.26. The molecule has 0 heterocycles. The van der Waals surface area contributed by atoms with Gasteiger partial charge in [0, 0.05) is 24.0 Å². The van der Waals surface area contributed by atoms with Gasteiger partial charge in [-0.15, -0.1) is 0 Å². The summed E-state index contributed by atoms with van der Waals surface area (Å²) >= 11 is 6.49. The third kappa shape index (κ3) is 8.32. The molecule has 214 valence electrons. The third-order valence-corrected chi connectivity index (χ3v) is 8.38. The van der Waals surface area contributed by atoms with Gasteiger partial charge < -0.3 is 10.2 Å². The van der Waals surface area contributed by atoms with Crippen LogP contribution in [-0.4, -0.2) is 50.0 Å². The molecule has 1 N–H and O–H groups in total. The van der Waals surface area contributed by atoms with Crippen molar-refractivity contribution in [3.05, 3.63) is 100 Å². The molecule has 3 rings (SSSR count). The van der Waals surface area contributed by atoms with Crippen LogP contribution in [0.3, 0.4) is 0 Å². The van der Waals surface area contributed by atoms with E-state index in [0.717, 1.165) is 33.7 Å². The van der Waals surface area contributed by atoms with Crippen molar-refractivity contribution in [3.8, 4) is 0 Å². The molecular weight excluding hydrogens is 546 g/mol. The zero-order valence-electron chi connectivity index (χ0n) is 23.7. The number of benzene rings is 3. The fraction of sp³-hybridized carbons (Fsp3) is 0.355. The molecule has 9 heteroatoms. The number of sulfonamides is 1. The number of hydrogen-bond donors (Lipinski definition) is 1. The summed E-state index contributed by atoms with van der Waals surface area (Å²) in [7, 11) is -3.84. The Morgan fingerprint density at radius 2 is 1.62 bits per heavy atom. The maximum absolute atomic E-state index is 14.2. The molecule has 0 bridgehead atoms. The van der Waals surface area contributed by atoms with Crippen LogP contribution in [0.1, 0.15) is 42.5 Å². The molecule has 0 aliphatic rings. The Morgan fingerprint density at radius 3 is 2.25 bits per heavy atom. The van der Waals surface area contributed by atoms with E-state index in [-0.39, 0.29) is 24.9 Å². The number of hydrogen-bond acceptors (Lipinski definition) is 4. The van der Waals surface area contributed by atoms with Gasteiger partial charge >= 0.3 is 0 Å². The van der Waals surface area contributed by atoms with Crippen LogP contribution in [0.25, 0.3) is 0 Å². The van der Waals surface area contributed by atoms with E-state index in [1.54, 1.807) is 31.2 Å². The van der Waals surface area contributed by atoms with E-state index >= 15 is 0 Å². The Bertz CT molecular complexity index is 1430. The van der Waals surface area contributed by atoms with Crippen molar-refractivity contribution in [3.63, 3.8) is 0 Å². The van der Waals surface area contributed by atoms with E-state index < -0.39 is 28.5 Å².